The molecule has 3 N–H and O–H groups in total. The molecular weight excluding hydrogens is 245 g/mol. The van der Waals surface area contributed by atoms with Crippen LogP contribution in [0.2, 0.25) is 0 Å². The first kappa shape index (κ1) is 15.4. The van der Waals surface area contributed by atoms with Crippen LogP contribution in [0.15, 0.2) is 18.2 Å². The summed E-state index contributed by atoms with van der Waals surface area (Å²) in [5, 5.41) is 2.71. The zero-order chi connectivity index (χ0) is 14.4. The molecule has 0 aliphatic rings. The largest absolute Gasteiger partial charge is 0.396 e. The normalized spacial score (nSPS) is 12.5. The summed E-state index contributed by atoms with van der Waals surface area (Å²) in [5.74, 6) is -0.573. The van der Waals surface area contributed by atoms with E-state index < -0.39 is 5.82 Å². The van der Waals surface area contributed by atoms with Gasteiger partial charge in [-0.3, -0.25) is 4.79 Å². The fourth-order valence-corrected chi connectivity index (χ4v) is 1.65. The van der Waals surface area contributed by atoms with Gasteiger partial charge in [-0.05, 0) is 38.6 Å². The number of carbonyl (C=O) groups excluding carboxylic acids is 1. The van der Waals surface area contributed by atoms with Crippen LogP contribution in [-0.2, 0) is 4.79 Å². The van der Waals surface area contributed by atoms with Crippen LogP contribution in [0.3, 0.4) is 0 Å². The second kappa shape index (κ2) is 7.09. The van der Waals surface area contributed by atoms with Crippen LogP contribution in [0.5, 0.6) is 0 Å². The first-order chi connectivity index (χ1) is 8.93. The van der Waals surface area contributed by atoms with Crippen LogP contribution >= 0.6 is 0 Å². The minimum Gasteiger partial charge on any atom is -0.396 e. The lowest BCUT2D eigenvalue weighted by atomic mass is 10.2. The molecule has 19 heavy (non-hydrogen) atoms. The molecule has 0 aliphatic carbocycles. The van der Waals surface area contributed by atoms with E-state index in [4.69, 9.17) is 5.73 Å². The van der Waals surface area contributed by atoms with Crippen LogP contribution in [0.1, 0.15) is 26.7 Å². The zero-order valence-electron chi connectivity index (χ0n) is 11.7. The van der Waals surface area contributed by atoms with E-state index in [-0.39, 0.29) is 11.6 Å². The van der Waals surface area contributed by atoms with E-state index in [0.29, 0.717) is 24.7 Å². The number of halogens is 1. The fraction of sp³-hybridized carbons (Fsp3) is 0.500. The first-order valence-electron chi connectivity index (χ1n) is 6.49. The molecule has 0 saturated carbocycles. The lowest BCUT2D eigenvalue weighted by molar-refractivity contribution is -0.116. The van der Waals surface area contributed by atoms with Crippen molar-refractivity contribution < 1.29 is 9.18 Å². The number of amides is 1. The van der Waals surface area contributed by atoms with Gasteiger partial charge in [0, 0.05) is 24.7 Å². The highest BCUT2D eigenvalue weighted by atomic mass is 19.1. The standard InChI is InChI=1S/C14H22FN3O/c1-4-10(2)18(3)8-7-14(19)17-11-5-6-12(15)13(16)9-11/h5-6,9-10H,4,7-8,16H2,1-3H3,(H,17,19). The maximum atomic E-state index is 13.0. The number of carbonyl (C=O) groups is 1. The summed E-state index contributed by atoms with van der Waals surface area (Å²) in [7, 11) is 2.00. The van der Waals surface area contributed by atoms with E-state index in [2.05, 4.69) is 24.1 Å². The van der Waals surface area contributed by atoms with Crippen LogP contribution in [-0.4, -0.2) is 30.4 Å². The first-order valence-corrected chi connectivity index (χ1v) is 6.49. The number of nitrogens with zero attached hydrogens (tertiary/aromatic N) is 1. The van der Waals surface area contributed by atoms with Crippen molar-refractivity contribution in [3.8, 4) is 0 Å². The molecule has 4 nitrogen and oxygen atoms in total. The molecule has 0 saturated heterocycles. The molecule has 0 aromatic heterocycles. The summed E-state index contributed by atoms with van der Waals surface area (Å²) >= 11 is 0. The van der Waals surface area contributed by atoms with Crippen molar-refractivity contribution in [1.29, 1.82) is 0 Å². The number of hydrogen-bond acceptors (Lipinski definition) is 3. The number of benzene rings is 1. The van der Waals surface area contributed by atoms with Gasteiger partial charge in [0.2, 0.25) is 5.91 Å². The predicted molar refractivity (Wildman–Crippen MR) is 76.4 cm³/mol. The third kappa shape index (κ3) is 4.87. The van der Waals surface area contributed by atoms with Crippen molar-refractivity contribution in [3.05, 3.63) is 24.0 Å². The maximum Gasteiger partial charge on any atom is 0.225 e. The van der Waals surface area contributed by atoms with Gasteiger partial charge in [-0.25, -0.2) is 4.39 Å². The van der Waals surface area contributed by atoms with E-state index in [1.54, 1.807) is 0 Å². The van der Waals surface area contributed by atoms with Crippen LogP contribution in [0, 0.1) is 5.82 Å². The molecule has 0 bridgehead atoms. The molecule has 0 aliphatic heterocycles. The number of nitrogens with one attached hydrogen (secondary N) is 1. The average Bonchev–Trinajstić information content (AvgIpc) is 2.39. The van der Waals surface area contributed by atoms with Gasteiger partial charge in [0.25, 0.3) is 0 Å². The smallest absolute Gasteiger partial charge is 0.225 e. The molecule has 0 fully saturated rings. The Morgan fingerprint density at radius 2 is 2.21 bits per heavy atom. The van der Waals surface area contributed by atoms with Gasteiger partial charge >= 0.3 is 0 Å². The molecule has 1 unspecified atom stereocenters. The van der Waals surface area contributed by atoms with Gasteiger partial charge in [0.15, 0.2) is 0 Å². The average molecular weight is 267 g/mol. The van der Waals surface area contributed by atoms with Gasteiger partial charge < -0.3 is 16.0 Å². The highest BCUT2D eigenvalue weighted by Gasteiger charge is 2.10. The number of anilines is 2. The molecule has 1 rings (SSSR count). The molecule has 0 spiro atoms. The Bertz CT molecular complexity index is 437. The Kier molecular flexibility index (Phi) is 5.76. The fourth-order valence-electron chi connectivity index (χ4n) is 1.65. The Morgan fingerprint density at radius 3 is 2.79 bits per heavy atom. The number of rotatable bonds is 6. The van der Waals surface area contributed by atoms with Crippen LogP contribution < -0.4 is 11.1 Å². The minimum atomic E-state index is -0.477. The quantitative estimate of drug-likeness (QED) is 0.778. The van der Waals surface area contributed by atoms with Crippen molar-refractivity contribution in [2.45, 2.75) is 32.7 Å². The summed E-state index contributed by atoms with van der Waals surface area (Å²) in [6.07, 6.45) is 1.45. The van der Waals surface area contributed by atoms with E-state index >= 15 is 0 Å². The van der Waals surface area contributed by atoms with Crippen molar-refractivity contribution >= 4 is 17.3 Å². The lowest BCUT2D eigenvalue weighted by Gasteiger charge is -2.22. The number of nitrogen functional groups attached to an aromatic ring is 1. The summed E-state index contributed by atoms with van der Waals surface area (Å²) in [4.78, 5) is 13.9. The molecule has 106 valence electrons. The monoisotopic (exact) mass is 267 g/mol. The highest BCUT2D eigenvalue weighted by molar-refractivity contribution is 5.91. The SMILES string of the molecule is CCC(C)N(C)CCC(=O)Nc1ccc(F)c(N)c1. The van der Waals surface area contributed by atoms with E-state index in [1.807, 2.05) is 7.05 Å². The number of hydrogen-bond donors (Lipinski definition) is 2. The molecule has 1 aromatic rings. The predicted octanol–water partition coefficient (Wildman–Crippen LogP) is 2.47. The Hall–Kier alpha value is -1.62. The third-order valence-corrected chi connectivity index (χ3v) is 3.31. The maximum absolute atomic E-state index is 13.0. The van der Waals surface area contributed by atoms with Crippen LogP contribution in [0.4, 0.5) is 15.8 Å². The van der Waals surface area contributed by atoms with Gasteiger partial charge in [0.1, 0.15) is 5.82 Å². The zero-order valence-corrected chi connectivity index (χ0v) is 11.7. The van der Waals surface area contributed by atoms with E-state index in [0.717, 1.165) is 6.42 Å². The highest BCUT2D eigenvalue weighted by Crippen LogP contribution is 2.16. The molecule has 1 aromatic carbocycles. The number of nitrogens with two attached hydrogens (primary N) is 1. The van der Waals surface area contributed by atoms with Gasteiger partial charge in [0.05, 0.1) is 5.69 Å². The van der Waals surface area contributed by atoms with E-state index in [9.17, 15) is 9.18 Å². The second-order valence-electron chi connectivity index (χ2n) is 4.77. The summed E-state index contributed by atoms with van der Waals surface area (Å²) in [6.45, 7) is 4.93. The van der Waals surface area contributed by atoms with Gasteiger partial charge in [-0.1, -0.05) is 6.92 Å². The topological polar surface area (TPSA) is 58.4 Å². The summed E-state index contributed by atoms with van der Waals surface area (Å²) in [6, 6.07) is 4.62. The van der Waals surface area contributed by atoms with E-state index in [1.165, 1.54) is 18.2 Å². The Morgan fingerprint density at radius 1 is 1.53 bits per heavy atom. The van der Waals surface area contributed by atoms with Crippen molar-refractivity contribution in [2.75, 3.05) is 24.6 Å². The minimum absolute atomic E-state index is 0.0366. The van der Waals surface area contributed by atoms with Gasteiger partial charge in [-0.15, -0.1) is 0 Å². The molecule has 0 heterocycles. The molecule has 1 atom stereocenters. The lowest BCUT2D eigenvalue weighted by Crippen LogP contribution is -2.31. The summed E-state index contributed by atoms with van der Waals surface area (Å²) < 4.78 is 13.0. The van der Waals surface area contributed by atoms with Gasteiger partial charge in [-0.2, -0.15) is 0 Å². The molecule has 1 amide bonds. The second-order valence-corrected chi connectivity index (χ2v) is 4.77. The molecular formula is C14H22FN3O. The molecule has 0 radical (unpaired) electrons. The van der Waals surface area contributed by atoms with Crippen molar-refractivity contribution in [1.82, 2.24) is 4.90 Å². The Labute approximate surface area is 113 Å². The third-order valence-electron chi connectivity index (χ3n) is 3.31. The van der Waals surface area contributed by atoms with Crippen molar-refractivity contribution in [2.24, 2.45) is 0 Å². The summed E-state index contributed by atoms with van der Waals surface area (Å²) in [5.41, 5.74) is 6.00. The van der Waals surface area contributed by atoms with Crippen molar-refractivity contribution in [3.63, 3.8) is 0 Å². The Balaban J connectivity index is 2.45. The van der Waals surface area contributed by atoms with Crippen LogP contribution in [0.25, 0.3) is 0 Å². The molecule has 5 heteroatoms.